The Bertz CT molecular complexity index is 642. The number of pyridine rings is 1. The Kier molecular flexibility index (Phi) is 4.17. The Hall–Kier alpha value is -2.60. The highest BCUT2D eigenvalue weighted by molar-refractivity contribution is 6.05. The number of benzene rings is 1. The van der Waals surface area contributed by atoms with Crippen LogP contribution in [0.2, 0.25) is 0 Å². The van der Waals surface area contributed by atoms with E-state index in [0.29, 0.717) is 5.69 Å². The average Bonchev–Trinajstić information content (AvgIpc) is 2.48. The van der Waals surface area contributed by atoms with Crippen molar-refractivity contribution in [2.75, 3.05) is 4.90 Å². The van der Waals surface area contributed by atoms with Crippen molar-refractivity contribution in [3.05, 3.63) is 59.9 Å². The van der Waals surface area contributed by atoms with Gasteiger partial charge in [0.1, 0.15) is 5.69 Å². The topological polar surface area (TPSA) is 33.2 Å². The summed E-state index contributed by atoms with van der Waals surface area (Å²) < 4.78 is 0. The number of hydrogen-bond acceptors (Lipinski definition) is 2. The van der Waals surface area contributed by atoms with Gasteiger partial charge in [0.2, 0.25) is 0 Å². The maximum atomic E-state index is 12.6. The van der Waals surface area contributed by atoms with Gasteiger partial charge in [-0.3, -0.25) is 9.78 Å². The first-order chi connectivity index (χ1) is 9.63. The fourth-order valence-corrected chi connectivity index (χ4v) is 2.01. The van der Waals surface area contributed by atoms with Crippen LogP contribution >= 0.6 is 0 Å². The van der Waals surface area contributed by atoms with Gasteiger partial charge in [-0.2, -0.15) is 0 Å². The molecule has 2 rings (SSSR count). The van der Waals surface area contributed by atoms with E-state index in [1.807, 2.05) is 38.1 Å². The lowest BCUT2D eigenvalue weighted by Crippen LogP contribution is -2.37. The van der Waals surface area contributed by atoms with Crippen LogP contribution in [0.3, 0.4) is 0 Å². The molecule has 0 N–H and O–H groups in total. The fraction of sp³-hybridized carbons (Fsp3) is 0.176. The number of nitrogens with zero attached hydrogens (tertiary/aromatic N) is 2. The van der Waals surface area contributed by atoms with Gasteiger partial charge in [-0.25, -0.2) is 0 Å². The van der Waals surface area contributed by atoms with Crippen molar-refractivity contribution in [1.82, 2.24) is 4.98 Å². The molecule has 0 radical (unpaired) electrons. The minimum absolute atomic E-state index is 0.0116. The number of anilines is 1. The standard InChI is InChI=1S/C17H16N2O/c1-4-14-8-7-9-15(12-14)19(13(2)3)17(20)16-10-5-6-11-18-16/h1,5-13H,2-3H3. The number of terminal acetylenes is 1. The van der Waals surface area contributed by atoms with Gasteiger partial charge in [-0.15, -0.1) is 6.42 Å². The van der Waals surface area contributed by atoms with Crippen molar-refractivity contribution in [1.29, 1.82) is 0 Å². The zero-order valence-electron chi connectivity index (χ0n) is 11.6. The molecule has 0 fully saturated rings. The molecule has 0 aliphatic heterocycles. The fourth-order valence-electron chi connectivity index (χ4n) is 2.01. The maximum Gasteiger partial charge on any atom is 0.277 e. The molecule has 1 amide bonds. The van der Waals surface area contributed by atoms with E-state index in [1.54, 1.807) is 29.3 Å². The van der Waals surface area contributed by atoms with Crippen LogP contribution in [0.5, 0.6) is 0 Å². The zero-order valence-corrected chi connectivity index (χ0v) is 11.6. The molecule has 20 heavy (non-hydrogen) atoms. The summed E-state index contributed by atoms with van der Waals surface area (Å²) in [6, 6.07) is 12.7. The van der Waals surface area contributed by atoms with Crippen LogP contribution in [0.15, 0.2) is 48.7 Å². The minimum atomic E-state index is -0.130. The van der Waals surface area contributed by atoms with E-state index in [1.165, 1.54) is 0 Å². The van der Waals surface area contributed by atoms with Crippen LogP contribution in [0.1, 0.15) is 29.9 Å². The number of hydrogen-bond donors (Lipinski definition) is 0. The molecule has 1 aromatic heterocycles. The molecule has 0 unspecified atom stereocenters. The summed E-state index contributed by atoms with van der Waals surface area (Å²) in [5.74, 6) is 2.46. The van der Waals surface area contributed by atoms with Crippen LogP contribution in [-0.4, -0.2) is 16.9 Å². The van der Waals surface area contributed by atoms with Crippen LogP contribution in [-0.2, 0) is 0 Å². The van der Waals surface area contributed by atoms with Crippen molar-refractivity contribution in [2.45, 2.75) is 19.9 Å². The predicted molar refractivity (Wildman–Crippen MR) is 80.6 cm³/mol. The molecule has 3 nitrogen and oxygen atoms in total. The molecule has 100 valence electrons. The number of amides is 1. The van der Waals surface area contributed by atoms with Crippen LogP contribution in [0, 0.1) is 12.3 Å². The van der Waals surface area contributed by atoms with Gasteiger partial charge in [-0.05, 0) is 44.2 Å². The van der Waals surface area contributed by atoms with E-state index in [9.17, 15) is 4.79 Å². The van der Waals surface area contributed by atoms with Gasteiger partial charge in [0.05, 0.1) is 0 Å². The van der Waals surface area contributed by atoms with E-state index < -0.39 is 0 Å². The Morgan fingerprint density at radius 1 is 1.25 bits per heavy atom. The van der Waals surface area contributed by atoms with Crippen molar-refractivity contribution in [2.24, 2.45) is 0 Å². The van der Waals surface area contributed by atoms with Gasteiger partial charge in [0, 0.05) is 23.5 Å². The summed E-state index contributed by atoms with van der Waals surface area (Å²) in [4.78, 5) is 18.4. The molecule has 0 saturated carbocycles. The summed E-state index contributed by atoms with van der Waals surface area (Å²) in [6.45, 7) is 3.92. The predicted octanol–water partition coefficient (Wildman–Crippen LogP) is 3.12. The maximum absolute atomic E-state index is 12.6. The molecule has 2 aromatic rings. The summed E-state index contributed by atoms with van der Waals surface area (Å²) >= 11 is 0. The third-order valence-corrected chi connectivity index (χ3v) is 2.91. The molecule has 1 heterocycles. The van der Waals surface area contributed by atoms with E-state index in [2.05, 4.69) is 10.9 Å². The average molecular weight is 264 g/mol. The lowest BCUT2D eigenvalue weighted by molar-refractivity contribution is 0.0975. The number of carbonyl (C=O) groups is 1. The monoisotopic (exact) mass is 264 g/mol. The molecule has 0 spiro atoms. The van der Waals surface area contributed by atoms with E-state index >= 15 is 0 Å². The molecule has 0 bridgehead atoms. The Morgan fingerprint density at radius 2 is 2.05 bits per heavy atom. The second kappa shape index (κ2) is 6.03. The zero-order chi connectivity index (χ0) is 14.5. The summed E-state index contributed by atoms with van der Waals surface area (Å²) in [5, 5.41) is 0. The Labute approximate surface area is 119 Å². The van der Waals surface area contributed by atoms with Gasteiger partial charge in [-0.1, -0.05) is 18.1 Å². The third-order valence-electron chi connectivity index (χ3n) is 2.91. The normalized spacial score (nSPS) is 10.1. The molecule has 0 saturated heterocycles. The smallest absolute Gasteiger partial charge is 0.277 e. The first-order valence-electron chi connectivity index (χ1n) is 6.44. The van der Waals surface area contributed by atoms with Crippen molar-refractivity contribution in [3.63, 3.8) is 0 Å². The molecule has 1 aromatic carbocycles. The van der Waals surface area contributed by atoms with E-state index in [4.69, 9.17) is 6.42 Å². The van der Waals surface area contributed by atoms with Gasteiger partial charge in [0.25, 0.3) is 5.91 Å². The number of carbonyl (C=O) groups excluding carboxylic acids is 1. The minimum Gasteiger partial charge on any atom is -0.304 e. The van der Waals surface area contributed by atoms with Crippen molar-refractivity contribution in [3.8, 4) is 12.3 Å². The number of rotatable bonds is 3. The summed E-state index contributed by atoms with van der Waals surface area (Å²) in [5.41, 5.74) is 1.96. The largest absolute Gasteiger partial charge is 0.304 e. The van der Waals surface area contributed by atoms with E-state index in [0.717, 1.165) is 11.3 Å². The van der Waals surface area contributed by atoms with Crippen LogP contribution in [0.25, 0.3) is 0 Å². The van der Waals surface area contributed by atoms with Gasteiger partial charge >= 0.3 is 0 Å². The van der Waals surface area contributed by atoms with Crippen LogP contribution < -0.4 is 4.90 Å². The highest BCUT2D eigenvalue weighted by atomic mass is 16.2. The third kappa shape index (κ3) is 2.86. The highest BCUT2D eigenvalue weighted by Gasteiger charge is 2.21. The molecular formula is C17H16N2O. The second-order valence-electron chi connectivity index (χ2n) is 4.68. The molecule has 0 atom stereocenters. The number of aromatic nitrogens is 1. The van der Waals surface area contributed by atoms with Gasteiger partial charge < -0.3 is 4.90 Å². The lowest BCUT2D eigenvalue weighted by Gasteiger charge is -2.26. The SMILES string of the molecule is C#Cc1cccc(N(C(=O)c2ccccn2)C(C)C)c1. The second-order valence-corrected chi connectivity index (χ2v) is 4.68. The van der Waals surface area contributed by atoms with Crippen molar-refractivity contribution >= 4 is 11.6 Å². The Balaban J connectivity index is 2.42. The molecule has 0 aliphatic rings. The first kappa shape index (κ1) is 13.8. The van der Waals surface area contributed by atoms with Gasteiger partial charge in [0.15, 0.2) is 0 Å². The highest BCUT2D eigenvalue weighted by Crippen LogP contribution is 2.20. The summed E-state index contributed by atoms with van der Waals surface area (Å²) in [6.07, 6.45) is 7.03. The lowest BCUT2D eigenvalue weighted by atomic mass is 10.1. The molecular weight excluding hydrogens is 248 g/mol. The quantitative estimate of drug-likeness (QED) is 0.798. The molecule has 3 heteroatoms. The first-order valence-corrected chi connectivity index (χ1v) is 6.44. The summed E-state index contributed by atoms with van der Waals surface area (Å²) in [7, 11) is 0. The van der Waals surface area contributed by atoms with E-state index in [-0.39, 0.29) is 11.9 Å². The molecule has 0 aliphatic carbocycles. The van der Waals surface area contributed by atoms with Crippen molar-refractivity contribution < 1.29 is 4.79 Å². The Morgan fingerprint density at radius 3 is 2.65 bits per heavy atom. The van der Waals surface area contributed by atoms with Crippen LogP contribution in [0.4, 0.5) is 5.69 Å².